The highest BCUT2D eigenvalue weighted by Gasteiger charge is 2.09. The van der Waals surface area contributed by atoms with Crippen molar-refractivity contribution in [2.45, 2.75) is 6.92 Å². The van der Waals surface area contributed by atoms with Crippen molar-refractivity contribution >= 4 is 17.3 Å². The van der Waals surface area contributed by atoms with Crippen LogP contribution in [-0.4, -0.2) is 16.0 Å². The van der Waals surface area contributed by atoms with Crippen molar-refractivity contribution in [2.75, 3.05) is 11.1 Å². The van der Waals surface area contributed by atoms with Gasteiger partial charge >= 0.3 is 0 Å². The van der Waals surface area contributed by atoms with Crippen LogP contribution < -0.4 is 11.1 Å². The molecule has 0 saturated carbocycles. The fraction of sp³-hybridized carbons (Fsp3) is 0.0769. The molecule has 18 heavy (non-hydrogen) atoms. The summed E-state index contributed by atoms with van der Waals surface area (Å²) in [6, 6.07) is 6.28. The highest BCUT2D eigenvalue weighted by atomic mass is 16.3. The minimum Gasteiger partial charge on any atom is -0.508 e. The van der Waals surface area contributed by atoms with Gasteiger partial charge in [-0.1, -0.05) is 0 Å². The predicted octanol–water partition coefficient (Wildman–Crippen LogP) is 1.93. The van der Waals surface area contributed by atoms with E-state index in [2.05, 4.69) is 10.3 Å². The van der Waals surface area contributed by atoms with Gasteiger partial charge in [0.25, 0.3) is 5.91 Å². The van der Waals surface area contributed by atoms with Gasteiger partial charge in [0, 0.05) is 11.8 Å². The quantitative estimate of drug-likeness (QED) is 0.752. The summed E-state index contributed by atoms with van der Waals surface area (Å²) < 4.78 is 0. The van der Waals surface area contributed by atoms with Crippen LogP contribution in [0, 0.1) is 6.92 Å². The minimum atomic E-state index is -0.281. The van der Waals surface area contributed by atoms with Crippen LogP contribution in [0.5, 0.6) is 5.75 Å². The zero-order valence-electron chi connectivity index (χ0n) is 9.84. The number of nitrogens with two attached hydrogens (primary N) is 1. The Morgan fingerprint density at radius 3 is 2.83 bits per heavy atom. The Kier molecular flexibility index (Phi) is 3.14. The molecule has 0 fully saturated rings. The second kappa shape index (κ2) is 4.75. The number of aromatic nitrogens is 1. The first-order valence-electron chi connectivity index (χ1n) is 5.38. The van der Waals surface area contributed by atoms with Gasteiger partial charge < -0.3 is 16.2 Å². The number of carbonyl (C=O) groups is 1. The maximum Gasteiger partial charge on any atom is 0.255 e. The number of benzene rings is 1. The van der Waals surface area contributed by atoms with Crippen molar-refractivity contribution in [2.24, 2.45) is 0 Å². The van der Waals surface area contributed by atoms with Crippen molar-refractivity contribution < 1.29 is 9.90 Å². The van der Waals surface area contributed by atoms with Gasteiger partial charge in [-0.05, 0) is 36.8 Å². The number of anilines is 2. The van der Waals surface area contributed by atoms with Crippen LogP contribution in [0.25, 0.3) is 0 Å². The first kappa shape index (κ1) is 11.9. The molecule has 0 atom stereocenters. The molecule has 2 aromatic rings. The topological polar surface area (TPSA) is 88.2 Å². The number of nitrogen functional groups attached to an aromatic ring is 1. The molecule has 0 aliphatic carbocycles. The van der Waals surface area contributed by atoms with Crippen molar-refractivity contribution in [1.82, 2.24) is 4.98 Å². The molecule has 2 rings (SSSR count). The van der Waals surface area contributed by atoms with Crippen LogP contribution in [0.15, 0.2) is 36.7 Å². The van der Waals surface area contributed by atoms with Crippen LogP contribution in [-0.2, 0) is 0 Å². The van der Waals surface area contributed by atoms with E-state index in [-0.39, 0.29) is 11.7 Å². The fourth-order valence-corrected chi connectivity index (χ4v) is 1.51. The van der Waals surface area contributed by atoms with Crippen LogP contribution in [0.4, 0.5) is 11.4 Å². The molecule has 0 spiro atoms. The van der Waals surface area contributed by atoms with Gasteiger partial charge in [-0.2, -0.15) is 0 Å². The summed E-state index contributed by atoms with van der Waals surface area (Å²) in [4.78, 5) is 15.8. The first-order valence-corrected chi connectivity index (χ1v) is 5.38. The molecule has 1 aromatic heterocycles. The van der Waals surface area contributed by atoms with Gasteiger partial charge in [0.05, 0.1) is 17.6 Å². The molecule has 0 aliphatic heterocycles. The van der Waals surface area contributed by atoms with E-state index in [1.165, 1.54) is 12.3 Å². The number of nitrogens with zero attached hydrogens (tertiary/aromatic N) is 1. The van der Waals surface area contributed by atoms with Gasteiger partial charge in [-0.25, -0.2) is 0 Å². The number of aryl methyl sites for hydroxylation is 1. The standard InChI is InChI=1S/C13H13N3O2/c1-8-6-9(2-3-12(8)17)13(18)16-11-4-5-15-7-10(11)14/h2-7,17H,14H2,1H3,(H,15,16,18). The SMILES string of the molecule is Cc1cc(C(=O)Nc2ccncc2N)ccc1O. The first-order chi connectivity index (χ1) is 8.58. The Morgan fingerprint density at radius 2 is 2.17 bits per heavy atom. The number of rotatable bonds is 2. The average molecular weight is 243 g/mol. The lowest BCUT2D eigenvalue weighted by Gasteiger charge is -2.08. The summed E-state index contributed by atoms with van der Waals surface area (Å²) in [5.41, 5.74) is 7.71. The van der Waals surface area contributed by atoms with E-state index in [0.717, 1.165) is 0 Å². The molecule has 1 amide bonds. The Bertz CT molecular complexity index is 597. The molecule has 5 heteroatoms. The smallest absolute Gasteiger partial charge is 0.255 e. The van der Waals surface area contributed by atoms with Crippen LogP contribution in [0.2, 0.25) is 0 Å². The normalized spacial score (nSPS) is 10.1. The van der Waals surface area contributed by atoms with E-state index >= 15 is 0 Å². The molecule has 0 radical (unpaired) electrons. The monoisotopic (exact) mass is 243 g/mol. The van der Waals surface area contributed by atoms with Crippen molar-refractivity contribution in [3.05, 3.63) is 47.8 Å². The van der Waals surface area contributed by atoms with Gasteiger partial charge in [-0.3, -0.25) is 9.78 Å². The highest BCUT2D eigenvalue weighted by Crippen LogP contribution is 2.20. The Morgan fingerprint density at radius 1 is 1.39 bits per heavy atom. The van der Waals surface area contributed by atoms with Crippen molar-refractivity contribution in [3.8, 4) is 5.75 Å². The minimum absolute atomic E-state index is 0.162. The Labute approximate surface area is 104 Å². The Balaban J connectivity index is 2.22. The number of phenolic OH excluding ortho intramolecular Hbond substituents is 1. The number of hydrogen-bond donors (Lipinski definition) is 3. The molecule has 4 N–H and O–H groups in total. The third-order valence-corrected chi connectivity index (χ3v) is 2.56. The Hall–Kier alpha value is -2.56. The van der Waals surface area contributed by atoms with E-state index in [4.69, 9.17) is 5.73 Å². The van der Waals surface area contributed by atoms with Crippen LogP contribution >= 0.6 is 0 Å². The number of hydrogen-bond acceptors (Lipinski definition) is 4. The maximum absolute atomic E-state index is 12.0. The largest absolute Gasteiger partial charge is 0.508 e. The zero-order chi connectivity index (χ0) is 13.1. The molecule has 0 unspecified atom stereocenters. The summed E-state index contributed by atoms with van der Waals surface area (Å²) in [5.74, 6) is -0.119. The average Bonchev–Trinajstić information content (AvgIpc) is 2.35. The number of nitrogens with one attached hydrogen (secondary N) is 1. The molecule has 0 bridgehead atoms. The summed E-state index contributed by atoms with van der Waals surface area (Å²) >= 11 is 0. The van der Waals surface area contributed by atoms with E-state index in [0.29, 0.717) is 22.5 Å². The van der Waals surface area contributed by atoms with E-state index in [9.17, 15) is 9.90 Å². The second-order valence-corrected chi connectivity index (χ2v) is 3.92. The number of amides is 1. The van der Waals surface area contributed by atoms with Gasteiger partial charge in [-0.15, -0.1) is 0 Å². The summed E-state index contributed by atoms with van der Waals surface area (Å²) in [6.07, 6.45) is 3.02. The predicted molar refractivity (Wildman–Crippen MR) is 69.4 cm³/mol. The van der Waals surface area contributed by atoms with E-state index in [1.807, 2.05) is 0 Å². The molecule has 1 heterocycles. The fourth-order valence-electron chi connectivity index (χ4n) is 1.51. The highest BCUT2D eigenvalue weighted by molar-refractivity contribution is 6.05. The molecular formula is C13H13N3O2. The van der Waals surface area contributed by atoms with Crippen LogP contribution in [0.3, 0.4) is 0 Å². The third kappa shape index (κ3) is 2.40. The third-order valence-electron chi connectivity index (χ3n) is 2.56. The molecule has 5 nitrogen and oxygen atoms in total. The number of pyridine rings is 1. The lowest BCUT2D eigenvalue weighted by atomic mass is 10.1. The maximum atomic E-state index is 12.0. The molecule has 0 aliphatic rings. The summed E-state index contributed by atoms with van der Waals surface area (Å²) in [6.45, 7) is 1.73. The molecule has 0 saturated heterocycles. The second-order valence-electron chi connectivity index (χ2n) is 3.92. The number of phenols is 1. The van der Waals surface area contributed by atoms with Gasteiger partial charge in [0.1, 0.15) is 5.75 Å². The van der Waals surface area contributed by atoms with Gasteiger partial charge in [0.2, 0.25) is 0 Å². The lowest BCUT2D eigenvalue weighted by molar-refractivity contribution is 0.102. The number of aromatic hydroxyl groups is 1. The van der Waals surface area contributed by atoms with Gasteiger partial charge in [0.15, 0.2) is 0 Å². The summed E-state index contributed by atoms with van der Waals surface area (Å²) in [7, 11) is 0. The lowest BCUT2D eigenvalue weighted by Crippen LogP contribution is -2.13. The number of carbonyl (C=O) groups excluding carboxylic acids is 1. The zero-order valence-corrected chi connectivity index (χ0v) is 9.84. The molecule has 1 aromatic carbocycles. The van der Waals surface area contributed by atoms with E-state index in [1.54, 1.807) is 31.3 Å². The van der Waals surface area contributed by atoms with E-state index < -0.39 is 0 Å². The van der Waals surface area contributed by atoms with Crippen LogP contribution in [0.1, 0.15) is 15.9 Å². The summed E-state index contributed by atoms with van der Waals surface area (Å²) in [5, 5.41) is 12.1. The molecular weight excluding hydrogens is 230 g/mol. The van der Waals surface area contributed by atoms with Crippen molar-refractivity contribution in [1.29, 1.82) is 0 Å². The van der Waals surface area contributed by atoms with Crippen molar-refractivity contribution in [3.63, 3.8) is 0 Å². The molecule has 92 valence electrons.